The van der Waals surface area contributed by atoms with E-state index in [0.29, 0.717) is 12.3 Å². The monoisotopic (exact) mass is 375 g/mol. The zero-order chi connectivity index (χ0) is 18.9. The van der Waals surface area contributed by atoms with Crippen molar-refractivity contribution in [3.63, 3.8) is 0 Å². The molecule has 7 heteroatoms. The van der Waals surface area contributed by atoms with Crippen molar-refractivity contribution in [3.05, 3.63) is 48.0 Å². The number of hydrogen-bond acceptors (Lipinski definition) is 4. The maximum absolute atomic E-state index is 13.5. The van der Waals surface area contributed by atoms with E-state index in [1.165, 1.54) is 25.0 Å². The lowest BCUT2D eigenvalue weighted by molar-refractivity contribution is 0.149. The summed E-state index contributed by atoms with van der Waals surface area (Å²) in [4.78, 5) is 4.37. The molecule has 0 bridgehead atoms. The van der Waals surface area contributed by atoms with Crippen molar-refractivity contribution in [1.82, 2.24) is 25.0 Å². The van der Waals surface area contributed by atoms with Gasteiger partial charge in [-0.1, -0.05) is 0 Å². The van der Waals surface area contributed by atoms with E-state index in [1.807, 2.05) is 17.7 Å². The molecule has 0 radical (unpaired) electrons. The van der Waals surface area contributed by atoms with Crippen LogP contribution in [0, 0.1) is 18.2 Å². The first-order valence-corrected chi connectivity index (χ1v) is 9.43. The summed E-state index contributed by atoms with van der Waals surface area (Å²) in [6.45, 7) is 3.55. The van der Waals surface area contributed by atoms with Crippen LogP contribution < -0.4 is 4.74 Å². The zero-order valence-electron chi connectivity index (χ0n) is 15.4. The normalized spacial score (nSPS) is 16.9. The van der Waals surface area contributed by atoms with Crippen LogP contribution in [0.5, 0.6) is 5.88 Å². The molecule has 3 aromatic heterocycles. The molecule has 0 unspecified atom stereocenters. The second kappa shape index (κ2) is 5.41. The predicted octanol–water partition coefficient (Wildman–Crippen LogP) is 4.11. The molecule has 6 nitrogen and oxygen atoms in total. The van der Waals surface area contributed by atoms with Crippen molar-refractivity contribution in [2.45, 2.75) is 26.3 Å². The molecule has 4 aromatic rings. The van der Waals surface area contributed by atoms with Crippen molar-refractivity contribution < 1.29 is 9.13 Å². The molecule has 1 fully saturated rings. The van der Waals surface area contributed by atoms with E-state index in [-0.39, 0.29) is 11.2 Å². The molecule has 28 heavy (non-hydrogen) atoms. The Labute approximate surface area is 160 Å². The number of benzene rings is 1. The van der Waals surface area contributed by atoms with Crippen LogP contribution in [-0.4, -0.2) is 31.6 Å². The lowest BCUT2D eigenvalue weighted by Crippen LogP contribution is -2.27. The minimum Gasteiger partial charge on any atom is -0.477 e. The van der Waals surface area contributed by atoms with Crippen LogP contribution in [0.25, 0.3) is 33.4 Å². The highest BCUT2D eigenvalue weighted by atomic mass is 19.1. The van der Waals surface area contributed by atoms with E-state index < -0.39 is 0 Å². The largest absolute Gasteiger partial charge is 0.477 e. The summed E-state index contributed by atoms with van der Waals surface area (Å²) in [6, 6.07) is 8.43. The number of halogens is 1. The van der Waals surface area contributed by atoms with Gasteiger partial charge >= 0.3 is 0 Å². The van der Waals surface area contributed by atoms with Gasteiger partial charge < -0.3 is 4.74 Å². The molecular formula is C21H18FN5O. The summed E-state index contributed by atoms with van der Waals surface area (Å²) < 4.78 is 21.7. The third-order valence-electron chi connectivity index (χ3n) is 5.89. The first-order chi connectivity index (χ1) is 13.6. The first-order valence-electron chi connectivity index (χ1n) is 9.43. The van der Waals surface area contributed by atoms with Gasteiger partial charge in [0.2, 0.25) is 5.88 Å². The number of fused-ring (bicyclic) bond motifs is 2. The smallest absolute Gasteiger partial charge is 0.220 e. The van der Waals surface area contributed by atoms with Crippen LogP contribution in [-0.2, 0) is 6.54 Å². The van der Waals surface area contributed by atoms with Gasteiger partial charge in [-0.05, 0) is 50.1 Å². The van der Waals surface area contributed by atoms with Crippen molar-refractivity contribution in [2.75, 3.05) is 6.61 Å². The second-order valence-electron chi connectivity index (χ2n) is 7.89. The number of aryl methyl sites for hydroxylation is 1. The summed E-state index contributed by atoms with van der Waals surface area (Å²) in [7, 11) is 0. The van der Waals surface area contributed by atoms with E-state index >= 15 is 0 Å². The van der Waals surface area contributed by atoms with E-state index in [0.717, 1.165) is 45.9 Å². The van der Waals surface area contributed by atoms with Gasteiger partial charge in [-0.25, -0.2) is 14.1 Å². The van der Waals surface area contributed by atoms with Gasteiger partial charge in [0, 0.05) is 33.8 Å². The number of rotatable bonds is 2. The Bertz CT molecular complexity index is 1220. The maximum atomic E-state index is 13.5. The Hall–Kier alpha value is -3.22. The highest BCUT2D eigenvalue weighted by Gasteiger charge is 2.48. The highest BCUT2D eigenvalue weighted by Crippen LogP contribution is 2.53. The van der Waals surface area contributed by atoms with Crippen molar-refractivity contribution in [2.24, 2.45) is 5.41 Å². The standard InChI is InChI=1S/C21H18FN5O/c1-12-16-15(6-9-23-19(16)25-24-12)17-18(13-2-4-14(22)5-3-13)26-27-10-21(7-8-21)11-28-20(17)27/h2-6,9H,7-8,10-11H2,1H3,(H,23,24,25). The molecule has 0 saturated heterocycles. The fourth-order valence-electron chi connectivity index (χ4n) is 4.12. The molecule has 1 saturated carbocycles. The van der Waals surface area contributed by atoms with Gasteiger partial charge in [0.25, 0.3) is 0 Å². The molecule has 6 rings (SSSR count). The number of pyridine rings is 1. The molecule has 1 aliphatic heterocycles. The molecule has 1 N–H and O–H groups in total. The van der Waals surface area contributed by atoms with Gasteiger partial charge in [-0.3, -0.25) is 5.10 Å². The number of H-pyrrole nitrogens is 1. The third-order valence-corrected chi connectivity index (χ3v) is 5.89. The van der Waals surface area contributed by atoms with Gasteiger partial charge in [-0.2, -0.15) is 10.2 Å². The number of nitrogens with zero attached hydrogens (tertiary/aromatic N) is 4. The molecule has 4 heterocycles. The Kier molecular flexibility index (Phi) is 3.05. The quantitative estimate of drug-likeness (QED) is 0.573. The Morgan fingerprint density at radius 1 is 1.18 bits per heavy atom. The van der Waals surface area contributed by atoms with E-state index in [4.69, 9.17) is 9.84 Å². The van der Waals surface area contributed by atoms with Crippen LogP contribution in [0.4, 0.5) is 4.39 Å². The Morgan fingerprint density at radius 3 is 2.79 bits per heavy atom. The maximum Gasteiger partial charge on any atom is 0.220 e. The molecule has 1 aliphatic carbocycles. The molecule has 0 amide bonds. The first kappa shape index (κ1) is 15.8. The number of hydrogen-bond donors (Lipinski definition) is 1. The lowest BCUT2D eigenvalue weighted by atomic mass is 9.98. The zero-order valence-corrected chi connectivity index (χ0v) is 15.4. The number of nitrogens with one attached hydrogen (secondary N) is 1. The third kappa shape index (κ3) is 2.22. The second-order valence-corrected chi connectivity index (χ2v) is 7.89. The van der Waals surface area contributed by atoms with Gasteiger partial charge in [-0.15, -0.1) is 0 Å². The van der Waals surface area contributed by atoms with Crippen molar-refractivity contribution >= 4 is 11.0 Å². The lowest BCUT2D eigenvalue weighted by Gasteiger charge is -2.24. The van der Waals surface area contributed by atoms with Crippen molar-refractivity contribution in [1.29, 1.82) is 0 Å². The summed E-state index contributed by atoms with van der Waals surface area (Å²) in [6.07, 6.45) is 4.10. The molecule has 1 spiro atoms. The fraction of sp³-hybridized carbons (Fsp3) is 0.286. The fourth-order valence-corrected chi connectivity index (χ4v) is 4.12. The average Bonchev–Trinajstić information content (AvgIpc) is 3.17. The SMILES string of the molecule is Cc1[nH]nc2nccc(-c3c(-c4ccc(F)cc4)nn4c3OCC3(CC3)C4)c12. The van der Waals surface area contributed by atoms with Crippen molar-refractivity contribution in [3.8, 4) is 28.3 Å². The minimum absolute atomic E-state index is 0.232. The average molecular weight is 375 g/mol. The Morgan fingerprint density at radius 2 is 2.00 bits per heavy atom. The molecule has 2 aliphatic rings. The van der Waals surface area contributed by atoms with Crippen LogP contribution in [0.2, 0.25) is 0 Å². The predicted molar refractivity (Wildman–Crippen MR) is 102 cm³/mol. The molecular weight excluding hydrogens is 357 g/mol. The number of ether oxygens (including phenoxy) is 1. The van der Waals surface area contributed by atoms with E-state index in [9.17, 15) is 4.39 Å². The van der Waals surface area contributed by atoms with Gasteiger partial charge in [0.05, 0.1) is 18.7 Å². The van der Waals surface area contributed by atoms with Gasteiger partial charge in [0.1, 0.15) is 11.5 Å². The number of aromatic nitrogens is 5. The van der Waals surface area contributed by atoms with Crippen LogP contribution >= 0.6 is 0 Å². The summed E-state index contributed by atoms with van der Waals surface area (Å²) in [5, 5.41) is 13.2. The highest BCUT2D eigenvalue weighted by molar-refractivity contribution is 6.00. The molecule has 0 atom stereocenters. The topological polar surface area (TPSA) is 68.6 Å². The van der Waals surface area contributed by atoms with E-state index in [2.05, 4.69) is 15.2 Å². The summed E-state index contributed by atoms with van der Waals surface area (Å²) in [5.74, 6) is 0.504. The van der Waals surface area contributed by atoms with Gasteiger partial charge in [0.15, 0.2) is 5.65 Å². The minimum atomic E-state index is -0.264. The van der Waals surface area contributed by atoms with Crippen LogP contribution in [0.15, 0.2) is 36.5 Å². The van der Waals surface area contributed by atoms with Crippen LogP contribution in [0.3, 0.4) is 0 Å². The molecule has 140 valence electrons. The summed E-state index contributed by atoms with van der Waals surface area (Å²) in [5.41, 5.74) is 5.38. The van der Waals surface area contributed by atoms with E-state index in [1.54, 1.807) is 18.3 Å². The molecule has 1 aromatic carbocycles. The Balaban J connectivity index is 1.64. The number of aromatic amines is 1. The summed E-state index contributed by atoms with van der Waals surface area (Å²) >= 11 is 0. The van der Waals surface area contributed by atoms with Crippen LogP contribution in [0.1, 0.15) is 18.5 Å².